The van der Waals surface area contributed by atoms with E-state index >= 15 is 0 Å². The second-order valence-electron chi connectivity index (χ2n) is 21.0. The molecule has 0 amide bonds. The van der Waals surface area contributed by atoms with E-state index < -0.39 is 16.9 Å². The van der Waals surface area contributed by atoms with E-state index in [1.165, 1.54) is 0 Å². The number of rotatable bonds is 13. The number of aryl methyl sites for hydroxylation is 2. The van der Waals surface area contributed by atoms with Crippen molar-refractivity contribution in [3.05, 3.63) is 96.8 Å². The van der Waals surface area contributed by atoms with Crippen LogP contribution in [0.15, 0.2) is 85.7 Å². The predicted octanol–water partition coefficient (Wildman–Crippen LogP) is 11.6. The average molecular weight is 1020 g/mol. The Balaban J connectivity index is 0.000000218. The Kier molecular flexibility index (Phi) is 20.8. The van der Waals surface area contributed by atoms with E-state index in [0.29, 0.717) is 29.9 Å². The lowest BCUT2D eigenvalue weighted by Gasteiger charge is -2.25. The zero-order valence-electron chi connectivity index (χ0n) is 45.7. The first-order chi connectivity index (χ1) is 35.5. The van der Waals surface area contributed by atoms with Crippen LogP contribution in [-0.2, 0) is 9.47 Å². The number of nitriles is 3. The first-order valence-corrected chi connectivity index (χ1v) is 25.5. The van der Waals surface area contributed by atoms with Crippen LogP contribution in [0.1, 0.15) is 118 Å². The molecule has 398 valence electrons. The lowest BCUT2D eigenvalue weighted by Crippen LogP contribution is -2.30. The van der Waals surface area contributed by atoms with E-state index in [4.69, 9.17) is 34.8 Å². The summed E-state index contributed by atoms with van der Waals surface area (Å²) in [6, 6.07) is 22.0. The minimum Gasteiger partial charge on any atom is -0.508 e. The van der Waals surface area contributed by atoms with Crippen molar-refractivity contribution < 1.29 is 24.4 Å². The molecule has 2 atom stereocenters. The zero-order chi connectivity index (χ0) is 54.9. The Labute approximate surface area is 442 Å². The van der Waals surface area contributed by atoms with Gasteiger partial charge in [-0.2, -0.15) is 26.0 Å². The molecule has 8 rings (SSSR count). The highest BCUT2D eigenvalue weighted by atomic mass is 16.5. The number of hydrogen-bond donors (Lipinski definition) is 4. The standard InChI is InChI=1S/C25H30N6O2.C19H21N5O2.C7H13N.C6H11NO/c1-17-13-27-24(29-20-14-28-31(15-20)21-9-11-32-12-10-21)30-23(17)19-5-7-22(8-6-19)33-18(2)25(3,4)16-26;1-13-10-20-19(23-18(13)14-2-4-17(25)5-3-14)22-15-11-21-24(12-15)16-6-8-26-9-7-16;1-6(2)7(3,4)5-8;1-5(8)6(2,3)4-7/h5-8,13-15,18,21H,9-12H2,1-4H3,(H,27,29,30);2-5,10-12,16,25H,6-9H2,1H3,(H,20,22,23);6H,1-4H3;5,8H,1-3H3. The number of nitrogens with zero attached hydrogens (tertiary/aromatic N) is 11. The molecule has 0 radical (unpaired) electrons. The van der Waals surface area contributed by atoms with Gasteiger partial charge in [-0.25, -0.2) is 19.9 Å². The molecular weight excluding hydrogens is 947 g/mol. The summed E-state index contributed by atoms with van der Waals surface area (Å²) in [6.07, 6.45) is 14.3. The van der Waals surface area contributed by atoms with E-state index in [1.54, 1.807) is 51.5 Å². The molecule has 0 saturated carbocycles. The van der Waals surface area contributed by atoms with Gasteiger partial charge < -0.3 is 35.1 Å². The molecule has 2 aromatic carbocycles. The third kappa shape index (κ3) is 17.1. The highest BCUT2D eigenvalue weighted by molar-refractivity contribution is 5.67. The van der Waals surface area contributed by atoms with Crippen molar-refractivity contribution in [1.82, 2.24) is 39.5 Å². The number of phenolic OH excluding ortho intramolecular Hbond substituents is 1. The Morgan fingerprint density at radius 2 is 1.01 bits per heavy atom. The maximum atomic E-state index is 9.47. The summed E-state index contributed by atoms with van der Waals surface area (Å²) in [5, 5.41) is 60.0. The van der Waals surface area contributed by atoms with Crippen LogP contribution in [0.4, 0.5) is 23.3 Å². The number of phenols is 1. The van der Waals surface area contributed by atoms with Crippen molar-refractivity contribution in [2.24, 2.45) is 22.2 Å². The van der Waals surface area contributed by atoms with Gasteiger partial charge in [0.15, 0.2) is 0 Å². The second kappa shape index (κ2) is 26.7. The fourth-order valence-corrected chi connectivity index (χ4v) is 6.93. The van der Waals surface area contributed by atoms with Gasteiger partial charge in [-0.3, -0.25) is 9.36 Å². The number of aromatic hydroxyl groups is 1. The Morgan fingerprint density at radius 3 is 1.36 bits per heavy atom. The summed E-state index contributed by atoms with van der Waals surface area (Å²) in [7, 11) is 0. The molecule has 6 aromatic rings. The van der Waals surface area contributed by atoms with Gasteiger partial charge in [-0.05, 0) is 160 Å². The minimum absolute atomic E-state index is 0.153. The van der Waals surface area contributed by atoms with Crippen LogP contribution in [0, 0.1) is 70.0 Å². The van der Waals surface area contributed by atoms with Gasteiger partial charge in [0.1, 0.15) is 17.6 Å². The number of aliphatic hydroxyl groups excluding tert-OH is 1. The van der Waals surface area contributed by atoms with Crippen LogP contribution in [0.25, 0.3) is 22.5 Å². The second-order valence-corrected chi connectivity index (χ2v) is 21.0. The topological polar surface area (TPSA) is 251 Å². The number of benzene rings is 2. The van der Waals surface area contributed by atoms with Gasteiger partial charge >= 0.3 is 0 Å². The van der Waals surface area contributed by atoms with Crippen LogP contribution in [-0.4, -0.2) is 88.3 Å². The van der Waals surface area contributed by atoms with Gasteiger partial charge in [0.05, 0.1) is 87.8 Å². The normalized spacial score (nSPS) is 14.9. The Hall–Kier alpha value is -7.43. The number of nitrogens with one attached hydrogen (secondary N) is 2. The lowest BCUT2D eigenvalue weighted by atomic mass is 9.83. The highest BCUT2D eigenvalue weighted by Crippen LogP contribution is 2.31. The molecule has 0 bridgehead atoms. The average Bonchev–Trinajstić information content (AvgIpc) is 4.09. The van der Waals surface area contributed by atoms with Gasteiger partial charge in [0.2, 0.25) is 11.9 Å². The predicted molar refractivity (Wildman–Crippen MR) is 290 cm³/mol. The van der Waals surface area contributed by atoms with E-state index in [1.807, 2.05) is 119 Å². The Bertz CT molecular complexity index is 2830. The third-order valence-electron chi connectivity index (χ3n) is 13.7. The number of aliphatic hydroxyl groups is 1. The summed E-state index contributed by atoms with van der Waals surface area (Å²) < 4.78 is 20.8. The number of anilines is 4. The maximum Gasteiger partial charge on any atom is 0.227 e. The molecule has 4 N–H and O–H groups in total. The van der Waals surface area contributed by atoms with E-state index in [-0.39, 0.29) is 17.3 Å². The third-order valence-corrected chi connectivity index (χ3v) is 13.7. The first-order valence-electron chi connectivity index (χ1n) is 25.5. The van der Waals surface area contributed by atoms with Crippen molar-refractivity contribution in [2.45, 2.75) is 133 Å². The largest absolute Gasteiger partial charge is 0.508 e. The molecule has 2 fully saturated rings. The zero-order valence-corrected chi connectivity index (χ0v) is 45.7. The van der Waals surface area contributed by atoms with Crippen LogP contribution in [0.3, 0.4) is 0 Å². The van der Waals surface area contributed by atoms with E-state index in [0.717, 1.165) is 103 Å². The number of hydrogen-bond acceptors (Lipinski definition) is 16. The van der Waals surface area contributed by atoms with Crippen molar-refractivity contribution >= 4 is 23.3 Å². The lowest BCUT2D eigenvalue weighted by molar-refractivity contribution is 0.0661. The number of ether oxygens (including phenoxy) is 3. The van der Waals surface area contributed by atoms with Crippen molar-refractivity contribution in [3.8, 4) is 52.2 Å². The summed E-state index contributed by atoms with van der Waals surface area (Å²) in [5.74, 6) is 2.45. The highest BCUT2D eigenvalue weighted by Gasteiger charge is 2.28. The first kappa shape index (κ1) is 58.5. The monoisotopic (exact) mass is 1020 g/mol. The molecule has 2 aliphatic rings. The molecule has 18 nitrogen and oxygen atoms in total. The molecular formula is C57H75N13O5. The van der Waals surface area contributed by atoms with Crippen LogP contribution in [0.5, 0.6) is 11.5 Å². The van der Waals surface area contributed by atoms with E-state index in [2.05, 4.69) is 61.8 Å². The van der Waals surface area contributed by atoms with Crippen molar-refractivity contribution in [3.63, 3.8) is 0 Å². The maximum absolute atomic E-state index is 9.47. The molecule has 6 heterocycles. The summed E-state index contributed by atoms with van der Waals surface area (Å²) in [5.41, 5.74) is 5.93. The Morgan fingerprint density at radius 1 is 0.613 bits per heavy atom. The van der Waals surface area contributed by atoms with Crippen molar-refractivity contribution in [1.29, 1.82) is 15.8 Å². The molecule has 2 saturated heterocycles. The van der Waals surface area contributed by atoms with Gasteiger partial charge in [0.25, 0.3) is 0 Å². The van der Waals surface area contributed by atoms with Crippen molar-refractivity contribution in [2.75, 3.05) is 37.1 Å². The summed E-state index contributed by atoms with van der Waals surface area (Å²) in [4.78, 5) is 18.2. The fourth-order valence-electron chi connectivity index (χ4n) is 6.93. The molecule has 4 aromatic heterocycles. The number of aromatic nitrogens is 8. The summed E-state index contributed by atoms with van der Waals surface area (Å²) >= 11 is 0. The molecule has 2 unspecified atom stereocenters. The smallest absolute Gasteiger partial charge is 0.227 e. The molecule has 2 aliphatic heterocycles. The minimum atomic E-state index is -0.597. The SMILES string of the molecule is CC(C)C(C)(C)C#N.CC(O)C(C)(C)C#N.Cc1cnc(Nc2cnn(C3CCOCC3)c2)nc1-c1ccc(O)cc1.Cc1cnc(Nc2cnn(C3CCOCC3)c2)nc1-c1ccc(OC(C)C(C)(C)C#N)cc1. The van der Waals surface area contributed by atoms with E-state index in [9.17, 15) is 10.4 Å². The van der Waals surface area contributed by atoms with Crippen LogP contribution < -0.4 is 15.4 Å². The van der Waals surface area contributed by atoms with Gasteiger partial charge in [-0.1, -0.05) is 13.8 Å². The van der Waals surface area contributed by atoms with Gasteiger partial charge in [0, 0.05) is 62.3 Å². The van der Waals surface area contributed by atoms with Crippen LogP contribution in [0.2, 0.25) is 0 Å². The molecule has 0 spiro atoms. The molecule has 0 aliphatic carbocycles. The summed E-state index contributed by atoms with van der Waals surface area (Å²) in [6.45, 7) is 25.8. The van der Waals surface area contributed by atoms with Crippen LogP contribution >= 0.6 is 0 Å². The molecule has 75 heavy (non-hydrogen) atoms. The van der Waals surface area contributed by atoms with Gasteiger partial charge in [-0.15, -0.1) is 0 Å². The fraction of sp³-hybridized carbons (Fsp3) is 0.491. The molecule has 18 heteroatoms. The quantitative estimate of drug-likeness (QED) is 0.0839.